The first-order chi connectivity index (χ1) is 6.64. The number of rotatable bonds is 6. The summed E-state index contributed by atoms with van der Waals surface area (Å²) in [7, 11) is 0. The number of allylic oxidation sites excluding steroid dienone is 1. The van der Waals surface area contributed by atoms with E-state index in [9.17, 15) is 0 Å². The van der Waals surface area contributed by atoms with Gasteiger partial charge in [0.25, 0.3) is 0 Å². The summed E-state index contributed by atoms with van der Waals surface area (Å²) in [6.45, 7) is 5.63. The van der Waals surface area contributed by atoms with Crippen LogP contribution < -0.4 is 5.32 Å². The van der Waals surface area contributed by atoms with E-state index < -0.39 is 6.04 Å². The van der Waals surface area contributed by atoms with E-state index >= 15 is 0 Å². The van der Waals surface area contributed by atoms with Crippen LogP contribution >= 0.6 is 6.04 Å². The first kappa shape index (κ1) is 12.3. The van der Waals surface area contributed by atoms with E-state index in [0.717, 1.165) is 6.54 Å². The lowest BCUT2D eigenvalue weighted by atomic mass is 10.2. The fraction of sp³-hybridized carbons (Fsp3) is 0.818. The van der Waals surface area contributed by atoms with Crippen molar-refractivity contribution >= 4 is 17.8 Å². The number of hydrogen-bond donors (Lipinski definition) is 1. The summed E-state index contributed by atoms with van der Waals surface area (Å²) in [5, 5.41) is 3.52. The fourth-order valence-electron chi connectivity index (χ4n) is 1.74. The zero-order chi connectivity index (χ0) is 10.4. The smallest absolute Gasteiger partial charge is 0.0143 e. The highest BCUT2D eigenvalue weighted by Crippen LogP contribution is 2.50. The summed E-state index contributed by atoms with van der Waals surface area (Å²) in [5.41, 5.74) is 1.42. The van der Waals surface area contributed by atoms with Crippen molar-refractivity contribution in [2.75, 3.05) is 19.4 Å². The molecule has 1 atom stereocenters. The summed E-state index contributed by atoms with van der Waals surface area (Å²) in [5.74, 6) is 2.34. The molecule has 1 rings (SSSR count). The van der Waals surface area contributed by atoms with Gasteiger partial charge in [-0.3, -0.25) is 0 Å². The van der Waals surface area contributed by atoms with Crippen LogP contribution in [0, 0.1) is 0 Å². The largest absolute Gasteiger partial charge is 0.388 e. The second kappa shape index (κ2) is 5.92. The van der Waals surface area contributed by atoms with Gasteiger partial charge in [0.1, 0.15) is 0 Å². The molecule has 0 amide bonds. The molecule has 1 aliphatic rings. The summed E-state index contributed by atoms with van der Waals surface area (Å²) in [4.78, 5) is 0. The van der Waals surface area contributed by atoms with Crippen LogP contribution in [-0.2, 0) is 11.8 Å². The van der Waals surface area contributed by atoms with Crippen LogP contribution in [0.5, 0.6) is 0 Å². The maximum Gasteiger partial charge on any atom is 0.0143 e. The van der Waals surface area contributed by atoms with Gasteiger partial charge in [-0.25, -0.2) is 0 Å². The second-order valence-corrected chi connectivity index (χ2v) is 9.85. The Morgan fingerprint density at radius 1 is 1.43 bits per heavy atom. The number of nitrogens with one attached hydrogen (secondary N) is 1. The average Bonchev–Trinajstić information content (AvgIpc) is 2.45. The Hall–Kier alpha value is 0.190. The maximum absolute atomic E-state index is 5.50. The van der Waals surface area contributed by atoms with Crippen molar-refractivity contribution in [1.29, 1.82) is 0 Å². The predicted molar refractivity (Wildman–Crippen MR) is 69.9 cm³/mol. The van der Waals surface area contributed by atoms with Gasteiger partial charge in [-0.1, -0.05) is 38.0 Å². The van der Waals surface area contributed by atoms with Gasteiger partial charge in [-0.05, 0) is 37.5 Å². The molecule has 1 nitrogen and oxygen atoms in total. The van der Waals surface area contributed by atoms with Gasteiger partial charge < -0.3 is 5.32 Å². The van der Waals surface area contributed by atoms with Crippen molar-refractivity contribution < 1.29 is 0 Å². The van der Waals surface area contributed by atoms with E-state index in [1.165, 1.54) is 44.0 Å². The third kappa shape index (κ3) is 4.61. The highest BCUT2D eigenvalue weighted by Gasteiger charge is 2.16. The van der Waals surface area contributed by atoms with Crippen molar-refractivity contribution in [3.05, 3.63) is 11.5 Å². The molecule has 1 aliphatic heterocycles. The van der Waals surface area contributed by atoms with E-state index in [2.05, 4.69) is 24.7 Å². The summed E-state index contributed by atoms with van der Waals surface area (Å²) < 4.78 is 0. The SMILES string of the molecule is CCCCCCNC1=CP(C)(=S)CC1. The van der Waals surface area contributed by atoms with Gasteiger partial charge >= 0.3 is 0 Å². The van der Waals surface area contributed by atoms with Gasteiger partial charge in [-0.15, -0.1) is 0 Å². The Balaban J connectivity index is 2.11. The molecule has 0 bridgehead atoms. The maximum atomic E-state index is 5.50. The molecule has 0 spiro atoms. The molecule has 0 radical (unpaired) electrons. The molecule has 1 heterocycles. The molecule has 14 heavy (non-hydrogen) atoms. The zero-order valence-electron chi connectivity index (χ0n) is 9.38. The lowest BCUT2D eigenvalue weighted by molar-refractivity contribution is 0.631. The Morgan fingerprint density at radius 2 is 2.21 bits per heavy atom. The second-order valence-electron chi connectivity index (χ2n) is 4.29. The molecule has 0 aliphatic carbocycles. The van der Waals surface area contributed by atoms with Crippen molar-refractivity contribution in [2.45, 2.75) is 39.0 Å². The van der Waals surface area contributed by atoms with Crippen LogP contribution in [0.1, 0.15) is 39.0 Å². The third-order valence-electron chi connectivity index (χ3n) is 2.64. The molecular formula is C11H22NPS. The summed E-state index contributed by atoms with van der Waals surface area (Å²) in [6, 6.07) is -1.05. The minimum atomic E-state index is -1.05. The third-order valence-corrected chi connectivity index (χ3v) is 5.47. The standard InChI is InChI=1S/C11H22NPS/c1-3-4-5-6-8-12-11-7-9-13(2,14)10-11/h10,12H,3-9H2,1-2H3. The van der Waals surface area contributed by atoms with Gasteiger partial charge in [0.15, 0.2) is 0 Å². The Kier molecular flexibility index (Phi) is 5.19. The molecule has 0 aromatic rings. The molecule has 0 aromatic carbocycles. The van der Waals surface area contributed by atoms with Gasteiger partial charge in [0, 0.05) is 12.2 Å². The molecule has 0 fully saturated rings. The predicted octanol–water partition coefficient (Wildman–Crippen LogP) is 3.51. The molecule has 1 unspecified atom stereocenters. The van der Waals surface area contributed by atoms with Crippen LogP contribution in [0.25, 0.3) is 0 Å². The monoisotopic (exact) mass is 231 g/mol. The van der Waals surface area contributed by atoms with E-state index in [-0.39, 0.29) is 0 Å². The van der Waals surface area contributed by atoms with Crippen molar-refractivity contribution in [3.8, 4) is 0 Å². The zero-order valence-corrected chi connectivity index (χ0v) is 11.1. The van der Waals surface area contributed by atoms with E-state index in [1.54, 1.807) is 0 Å². The highest BCUT2D eigenvalue weighted by molar-refractivity contribution is 8.15. The molecule has 3 heteroatoms. The molecule has 82 valence electrons. The van der Waals surface area contributed by atoms with Gasteiger partial charge in [0.2, 0.25) is 0 Å². The van der Waals surface area contributed by atoms with Crippen LogP contribution in [0.3, 0.4) is 0 Å². The Bertz CT molecular complexity index is 248. The Labute approximate surface area is 93.4 Å². The number of unbranched alkanes of at least 4 members (excludes halogenated alkanes) is 3. The van der Waals surface area contributed by atoms with Crippen molar-refractivity contribution in [2.24, 2.45) is 0 Å². The van der Waals surface area contributed by atoms with Crippen LogP contribution in [0.4, 0.5) is 0 Å². The van der Waals surface area contributed by atoms with Crippen LogP contribution in [0.2, 0.25) is 0 Å². The fourth-order valence-corrected chi connectivity index (χ4v) is 4.09. The van der Waals surface area contributed by atoms with Crippen LogP contribution in [-0.4, -0.2) is 19.4 Å². The summed E-state index contributed by atoms with van der Waals surface area (Å²) >= 11 is 5.50. The molecule has 0 saturated heterocycles. The topological polar surface area (TPSA) is 12.0 Å². The Morgan fingerprint density at radius 3 is 2.79 bits per heavy atom. The normalized spacial score (nSPS) is 26.3. The molecule has 0 aromatic heterocycles. The van der Waals surface area contributed by atoms with E-state index in [1.807, 2.05) is 0 Å². The van der Waals surface area contributed by atoms with Gasteiger partial charge in [0.05, 0.1) is 0 Å². The molecular weight excluding hydrogens is 209 g/mol. The average molecular weight is 231 g/mol. The van der Waals surface area contributed by atoms with Gasteiger partial charge in [-0.2, -0.15) is 0 Å². The minimum absolute atomic E-state index is 1.05. The van der Waals surface area contributed by atoms with Crippen molar-refractivity contribution in [3.63, 3.8) is 0 Å². The van der Waals surface area contributed by atoms with Crippen molar-refractivity contribution in [1.82, 2.24) is 5.32 Å². The lowest BCUT2D eigenvalue weighted by Gasteiger charge is -2.05. The van der Waals surface area contributed by atoms with Crippen LogP contribution in [0.15, 0.2) is 11.5 Å². The molecule has 0 saturated carbocycles. The first-order valence-electron chi connectivity index (χ1n) is 5.66. The summed E-state index contributed by atoms with van der Waals surface area (Å²) in [6.07, 6.45) is 7.78. The molecule has 1 N–H and O–H groups in total. The first-order valence-corrected chi connectivity index (χ1v) is 9.16. The minimum Gasteiger partial charge on any atom is -0.388 e. The number of hydrogen-bond acceptors (Lipinski definition) is 2. The van der Waals surface area contributed by atoms with E-state index in [4.69, 9.17) is 11.8 Å². The quantitative estimate of drug-likeness (QED) is 0.554. The lowest BCUT2D eigenvalue weighted by Crippen LogP contribution is -2.13. The van der Waals surface area contributed by atoms with E-state index in [0.29, 0.717) is 0 Å². The highest BCUT2D eigenvalue weighted by atomic mass is 32.4.